The number of amides is 2. The predicted molar refractivity (Wildman–Crippen MR) is 130 cm³/mol. The molecule has 33 heavy (non-hydrogen) atoms. The Balaban J connectivity index is 1.93. The number of aliphatic hydroxyl groups excluding tert-OH is 1. The number of rotatable bonds is 14. The highest BCUT2D eigenvalue weighted by Gasteiger charge is 2.74. The Kier molecular flexibility index (Phi) is 9.04. The van der Waals surface area contributed by atoms with E-state index in [4.69, 9.17) is 9.84 Å². The van der Waals surface area contributed by atoms with Crippen LogP contribution in [0.2, 0.25) is 0 Å². The van der Waals surface area contributed by atoms with E-state index in [9.17, 15) is 14.4 Å². The lowest BCUT2D eigenvalue weighted by atomic mass is 9.71. The van der Waals surface area contributed by atoms with Crippen LogP contribution in [0.4, 0.5) is 0 Å². The van der Waals surface area contributed by atoms with Crippen molar-refractivity contribution >= 4 is 29.5 Å². The fraction of sp³-hybridized carbons (Fsp3) is 0.720. The molecule has 184 valence electrons. The van der Waals surface area contributed by atoms with Gasteiger partial charge in [-0.25, -0.2) is 0 Å². The lowest BCUT2D eigenvalue weighted by Crippen LogP contribution is -2.55. The summed E-state index contributed by atoms with van der Waals surface area (Å²) in [5.41, 5.74) is 0. The molecule has 0 aromatic carbocycles. The first kappa shape index (κ1) is 25.8. The Morgan fingerprint density at radius 1 is 1.27 bits per heavy atom. The van der Waals surface area contributed by atoms with E-state index in [-0.39, 0.29) is 36.2 Å². The van der Waals surface area contributed by atoms with E-state index in [2.05, 4.69) is 20.1 Å². The standard InChI is InChI=1S/C25H38N2O5S/c1-4-7-14-26(13-5-2)23(30)21-25-12-11-18(33-25)19(24(31)32-17-6-3)20(25)22(29)27(21)15-9-8-10-16-28/h5-6,18-21,28H,2-4,7-17H2,1H3/t18-,19+,20+,21?,25?/m1/s1. The zero-order valence-corrected chi connectivity index (χ0v) is 20.6. The van der Waals surface area contributed by atoms with E-state index in [0.29, 0.717) is 26.1 Å². The summed E-state index contributed by atoms with van der Waals surface area (Å²) in [6.07, 6.45) is 8.86. The molecule has 3 heterocycles. The monoisotopic (exact) mass is 478 g/mol. The van der Waals surface area contributed by atoms with E-state index in [1.165, 1.54) is 6.08 Å². The normalized spacial score (nSPS) is 29.8. The highest BCUT2D eigenvalue weighted by atomic mass is 32.2. The molecule has 2 amide bonds. The van der Waals surface area contributed by atoms with Crippen LogP contribution in [0, 0.1) is 11.8 Å². The van der Waals surface area contributed by atoms with E-state index in [1.807, 2.05) is 4.90 Å². The van der Waals surface area contributed by atoms with Crippen molar-refractivity contribution in [1.29, 1.82) is 0 Å². The molecule has 1 N–H and O–H groups in total. The predicted octanol–water partition coefficient (Wildman–Crippen LogP) is 2.78. The van der Waals surface area contributed by atoms with Crippen molar-refractivity contribution in [2.45, 2.75) is 67.9 Å². The number of thioether (sulfide) groups is 1. The molecule has 1 spiro atoms. The molecule has 8 heteroatoms. The Labute approximate surface area is 201 Å². The molecule has 0 saturated carbocycles. The van der Waals surface area contributed by atoms with Gasteiger partial charge in [0.05, 0.1) is 16.6 Å². The first-order chi connectivity index (χ1) is 16.0. The number of esters is 1. The molecule has 0 aromatic rings. The van der Waals surface area contributed by atoms with Crippen molar-refractivity contribution in [3.63, 3.8) is 0 Å². The molecular weight excluding hydrogens is 440 g/mol. The second kappa shape index (κ2) is 11.6. The van der Waals surface area contributed by atoms with Crippen LogP contribution < -0.4 is 0 Å². The molecule has 7 nitrogen and oxygen atoms in total. The van der Waals surface area contributed by atoms with Crippen LogP contribution >= 0.6 is 11.8 Å². The van der Waals surface area contributed by atoms with Gasteiger partial charge in [0, 0.05) is 31.5 Å². The summed E-state index contributed by atoms with van der Waals surface area (Å²) in [4.78, 5) is 44.3. The highest BCUT2D eigenvalue weighted by molar-refractivity contribution is 8.02. The van der Waals surface area contributed by atoms with Crippen molar-refractivity contribution in [1.82, 2.24) is 9.80 Å². The van der Waals surface area contributed by atoms with Crippen molar-refractivity contribution in [3.05, 3.63) is 25.3 Å². The van der Waals surface area contributed by atoms with E-state index < -0.39 is 22.6 Å². The molecule has 5 atom stereocenters. The Bertz CT molecular complexity index is 759. The number of hydrogen-bond donors (Lipinski definition) is 1. The average Bonchev–Trinajstić information content (AvgIpc) is 3.45. The maximum atomic E-state index is 14.0. The Morgan fingerprint density at radius 3 is 2.73 bits per heavy atom. The van der Waals surface area contributed by atoms with Gasteiger partial charge < -0.3 is 19.6 Å². The minimum absolute atomic E-state index is 0.00611. The van der Waals surface area contributed by atoms with Crippen LogP contribution in [0.15, 0.2) is 25.3 Å². The number of fused-ring (bicyclic) bond motifs is 1. The zero-order chi connectivity index (χ0) is 24.0. The van der Waals surface area contributed by atoms with Crippen molar-refractivity contribution in [3.8, 4) is 0 Å². The fourth-order valence-corrected chi connectivity index (χ4v) is 7.92. The van der Waals surface area contributed by atoms with Crippen molar-refractivity contribution in [2.75, 3.05) is 32.8 Å². The van der Waals surface area contributed by atoms with Gasteiger partial charge in [-0.15, -0.1) is 18.3 Å². The summed E-state index contributed by atoms with van der Waals surface area (Å²) in [6.45, 7) is 11.3. The third-order valence-electron chi connectivity index (χ3n) is 7.15. The summed E-state index contributed by atoms with van der Waals surface area (Å²) in [5.74, 6) is -1.52. The van der Waals surface area contributed by atoms with Crippen LogP contribution in [0.1, 0.15) is 51.9 Å². The molecule has 0 aromatic heterocycles. The minimum Gasteiger partial charge on any atom is -0.461 e. The molecule has 2 bridgehead atoms. The number of unbranched alkanes of at least 4 members (excludes halogenated alkanes) is 3. The van der Waals surface area contributed by atoms with Crippen LogP contribution in [0.5, 0.6) is 0 Å². The summed E-state index contributed by atoms with van der Waals surface area (Å²) in [6, 6.07) is -0.576. The number of carbonyl (C=O) groups excluding carboxylic acids is 3. The summed E-state index contributed by atoms with van der Waals surface area (Å²) >= 11 is 1.66. The second-order valence-corrected chi connectivity index (χ2v) is 10.8. The summed E-state index contributed by atoms with van der Waals surface area (Å²) < 4.78 is 4.80. The van der Waals surface area contributed by atoms with Crippen LogP contribution in [-0.2, 0) is 19.1 Å². The van der Waals surface area contributed by atoms with Gasteiger partial charge in [-0.1, -0.05) is 32.1 Å². The van der Waals surface area contributed by atoms with Gasteiger partial charge in [0.1, 0.15) is 12.6 Å². The molecule has 0 radical (unpaired) electrons. The zero-order valence-electron chi connectivity index (χ0n) is 19.7. The van der Waals surface area contributed by atoms with E-state index in [1.54, 1.807) is 22.7 Å². The quantitative estimate of drug-likeness (QED) is 0.235. The minimum atomic E-state index is -0.584. The van der Waals surface area contributed by atoms with Crippen LogP contribution in [0.3, 0.4) is 0 Å². The number of ether oxygens (including phenoxy) is 1. The Morgan fingerprint density at radius 2 is 2.06 bits per heavy atom. The molecular formula is C25H38N2O5S. The van der Waals surface area contributed by atoms with Crippen molar-refractivity contribution < 1.29 is 24.2 Å². The van der Waals surface area contributed by atoms with Crippen LogP contribution in [0.25, 0.3) is 0 Å². The molecule has 3 fully saturated rings. The van der Waals surface area contributed by atoms with Crippen molar-refractivity contribution in [2.24, 2.45) is 11.8 Å². The molecule has 3 aliphatic rings. The number of likely N-dealkylation sites (tertiary alicyclic amines) is 1. The van der Waals surface area contributed by atoms with Gasteiger partial charge in [-0.2, -0.15) is 0 Å². The maximum Gasteiger partial charge on any atom is 0.311 e. The van der Waals surface area contributed by atoms with Gasteiger partial charge in [0.15, 0.2) is 0 Å². The first-order valence-electron chi connectivity index (χ1n) is 12.2. The SMILES string of the molecule is C=CCOC(=O)[C@@H]1[C@H]2C(=O)N(CCCCCO)C(C(=O)N(CC=C)CCCC)C23CC[C@H]1S3. The highest BCUT2D eigenvalue weighted by Crippen LogP contribution is 2.66. The first-order valence-corrected chi connectivity index (χ1v) is 13.1. The summed E-state index contributed by atoms with van der Waals surface area (Å²) in [5, 5.41) is 9.14. The topological polar surface area (TPSA) is 87.1 Å². The number of carbonyl (C=O) groups is 3. The number of nitrogens with zero attached hydrogens (tertiary/aromatic N) is 2. The van der Waals surface area contributed by atoms with Gasteiger partial charge in [-0.3, -0.25) is 14.4 Å². The molecule has 3 saturated heterocycles. The molecule has 3 aliphatic heterocycles. The van der Waals surface area contributed by atoms with Gasteiger partial charge >= 0.3 is 5.97 Å². The molecule has 2 unspecified atom stereocenters. The van der Waals surface area contributed by atoms with Gasteiger partial charge in [0.2, 0.25) is 11.8 Å². The van der Waals surface area contributed by atoms with Gasteiger partial charge in [-0.05, 0) is 38.5 Å². The van der Waals surface area contributed by atoms with Gasteiger partial charge in [0.25, 0.3) is 0 Å². The summed E-state index contributed by atoms with van der Waals surface area (Å²) in [7, 11) is 0. The fourth-order valence-electron chi connectivity index (χ4n) is 5.72. The van der Waals surface area contributed by atoms with E-state index in [0.717, 1.165) is 38.5 Å². The Hall–Kier alpha value is -1.80. The third kappa shape index (κ3) is 4.87. The third-order valence-corrected chi connectivity index (χ3v) is 9.10. The lowest BCUT2D eigenvalue weighted by Gasteiger charge is -2.37. The largest absolute Gasteiger partial charge is 0.461 e. The number of aliphatic hydroxyl groups is 1. The second-order valence-electron chi connectivity index (χ2n) is 9.22. The number of hydrogen-bond acceptors (Lipinski definition) is 6. The maximum absolute atomic E-state index is 14.0. The van der Waals surface area contributed by atoms with Crippen LogP contribution in [-0.4, -0.2) is 81.6 Å². The average molecular weight is 479 g/mol. The molecule has 0 aliphatic carbocycles. The molecule has 3 rings (SSSR count). The lowest BCUT2D eigenvalue weighted by molar-refractivity contribution is -0.153. The smallest absolute Gasteiger partial charge is 0.311 e. The van der Waals surface area contributed by atoms with E-state index >= 15 is 0 Å².